The van der Waals surface area contributed by atoms with Crippen LogP contribution in [0.2, 0.25) is 0 Å². The molecule has 2 heterocycles. The Morgan fingerprint density at radius 1 is 1.08 bits per heavy atom. The fraction of sp³-hybridized carbons (Fsp3) is 0.722. The molecule has 3 unspecified atom stereocenters. The van der Waals surface area contributed by atoms with Gasteiger partial charge in [-0.3, -0.25) is 13.9 Å². The number of rotatable bonds is 5. The molecule has 0 aromatic carbocycles. The molecule has 3 atom stereocenters. The van der Waals surface area contributed by atoms with Crippen LogP contribution in [-0.4, -0.2) is 19.1 Å². The Kier molecular flexibility index (Phi) is 2.92. The molecular weight excluding hydrogens is 304 g/mol. The molecule has 4 saturated carbocycles. The van der Waals surface area contributed by atoms with E-state index in [4.69, 9.17) is 4.98 Å². The first-order valence-electron chi connectivity index (χ1n) is 9.38. The molecule has 6 rings (SSSR count). The number of imidazole rings is 1. The Bertz CT molecular complexity index is 923. The number of nitrogens with zero attached hydrogens (tertiary/aromatic N) is 3. The third-order valence-electron chi connectivity index (χ3n) is 6.56. The fourth-order valence-electron chi connectivity index (χ4n) is 5.67. The summed E-state index contributed by atoms with van der Waals surface area (Å²) in [5.74, 6) is 4.76. The zero-order valence-electron chi connectivity index (χ0n) is 14.3. The van der Waals surface area contributed by atoms with Crippen LogP contribution in [0.15, 0.2) is 9.59 Å². The lowest BCUT2D eigenvalue weighted by atomic mass is 9.98. The molecule has 6 nitrogen and oxygen atoms in total. The van der Waals surface area contributed by atoms with Crippen LogP contribution in [0.25, 0.3) is 11.2 Å². The summed E-state index contributed by atoms with van der Waals surface area (Å²) >= 11 is 0. The topological polar surface area (TPSA) is 72.7 Å². The molecule has 0 radical (unpaired) electrons. The molecule has 4 bridgehead atoms. The van der Waals surface area contributed by atoms with E-state index in [-0.39, 0.29) is 11.2 Å². The first kappa shape index (κ1) is 14.5. The molecule has 6 heteroatoms. The zero-order chi connectivity index (χ0) is 16.6. The minimum Gasteiger partial charge on any atom is -0.336 e. The van der Waals surface area contributed by atoms with Crippen molar-refractivity contribution in [3.63, 3.8) is 0 Å². The summed E-state index contributed by atoms with van der Waals surface area (Å²) in [5, 5.41) is 0. The van der Waals surface area contributed by atoms with Crippen molar-refractivity contribution < 1.29 is 0 Å². The third kappa shape index (κ3) is 1.69. The number of aryl methyl sites for hydroxylation is 1. The van der Waals surface area contributed by atoms with Gasteiger partial charge >= 0.3 is 5.69 Å². The highest BCUT2D eigenvalue weighted by atomic mass is 16.2. The number of aromatic nitrogens is 4. The molecule has 0 saturated heterocycles. The van der Waals surface area contributed by atoms with Crippen molar-refractivity contribution in [1.82, 2.24) is 19.1 Å². The maximum Gasteiger partial charge on any atom is 0.332 e. The highest BCUT2D eigenvalue weighted by Crippen LogP contribution is 2.75. The summed E-state index contributed by atoms with van der Waals surface area (Å²) in [6, 6.07) is 0. The molecule has 4 aliphatic rings. The number of fused-ring (bicyclic) bond motifs is 1. The van der Waals surface area contributed by atoms with Crippen LogP contribution in [0.5, 0.6) is 0 Å². The Hall–Kier alpha value is -1.85. The van der Waals surface area contributed by atoms with Gasteiger partial charge in [-0.15, -0.1) is 0 Å². The van der Waals surface area contributed by atoms with Crippen molar-refractivity contribution in [3.8, 4) is 0 Å². The summed E-state index contributed by atoms with van der Waals surface area (Å²) in [6.07, 6.45) is 4.28. The van der Waals surface area contributed by atoms with Crippen molar-refractivity contribution in [2.45, 2.75) is 58.5 Å². The molecule has 4 aliphatic carbocycles. The maximum absolute atomic E-state index is 12.8. The lowest BCUT2D eigenvalue weighted by molar-refractivity contribution is 0.509. The monoisotopic (exact) mass is 328 g/mol. The van der Waals surface area contributed by atoms with E-state index in [1.54, 1.807) is 4.57 Å². The summed E-state index contributed by atoms with van der Waals surface area (Å²) in [7, 11) is 0. The minimum absolute atomic E-state index is 0.208. The molecule has 0 spiro atoms. The van der Waals surface area contributed by atoms with Crippen LogP contribution in [0.3, 0.4) is 0 Å². The number of H-pyrrole nitrogens is 1. The van der Waals surface area contributed by atoms with Gasteiger partial charge < -0.3 is 4.98 Å². The molecule has 4 fully saturated rings. The van der Waals surface area contributed by atoms with Crippen LogP contribution >= 0.6 is 0 Å². The van der Waals surface area contributed by atoms with Gasteiger partial charge in [-0.2, -0.15) is 0 Å². The van der Waals surface area contributed by atoms with Crippen LogP contribution in [0, 0.1) is 23.7 Å². The van der Waals surface area contributed by atoms with Crippen molar-refractivity contribution >= 4 is 11.2 Å². The van der Waals surface area contributed by atoms with E-state index in [1.807, 2.05) is 13.8 Å². The van der Waals surface area contributed by atoms with Gasteiger partial charge in [-0.1, -0.05) is 13.8 Å². The predicted octanol–water partition coefficient (Wildman–Crippen LogP) is 2.08. The first-order valence-corrected chi connectivity index (χ1v) is 9.38. The van der Waals surface area contributed by atoms with Gasteiger partial charge in [-0.25, -0.2) is 9.78 Å². The van der Waals surface area contributed by atoms with Crippen molar-refractivity contribution in [2.24, 2.45) is 23.7 Å². The second-order valence-corrected chi connectivity index (χ2v) is 7.87. The Morgan fingerprint density at radius 2 is 1.75 bits per heavy atom. The van der Waals surface area contributed by atoms with E-state index in [0.29, 0.717) is 30.2 Å². The number of hydrogen-bond donors (Lipinski definition) is 1. The third-order valence-corrected chi connectivity index (χ3v) is 6.56. The van der Waals surface area contributed by atoms with Gasteiger partial charge in [0.05, 0.1) is 0 Å². The quantitative estimate of drug-likeness (QED) is 0.913. The molecule has 1 N–H and O–H groups in total. The fourth-order valence-corrected chi connectivity index (χ4v) is 5.67. The smallest absolute Gasteiger partial charge is 0.332 e. The Morgan fingerprint density at radius 3 is 2.33 bits per heavy atom. The molecule has 128 valence electrons. The maximum atomic E-state index is 12.8. The molecule has 0 amide bonds. The summed E-state index contributed by atoms with van der Waals surface area (Å²) < 4.78 is 3.06. The van der Waals surface area contributed by atoms with Gasteiger partial charge in [0.2, 0.25) is 0 Å². The van der Waals surface area contributed by atoms with Gasteiger partial charge in [0.15, 0.2) is 5.65 Å². The lowest BCUT2D eigenvalue weighted by Crippen LogP contribution is -2.40. The second-order valence-electron chi connectivity index (χ2n) is 7.87. The van der Waals surface area contributed by atoms with E-state index in [2.05, 4.69) is 4.98 Å². The summed E-state index contributed by atoms with van der Waals surface area (Å²) in [6.45, 7) is 5.09. The van der Waals surface area contributed by atoms with Crippen molar-refractivity contribution in [2.75, 3.05) is 0 Å². The van der Waals surface area contributed by atoms with Crippen molar-refractivity contribution in [3.05, 3.63) is 26.7 Å². The van der Waals surface area contributed by atoms with Crippen LogP contribution < -0.4 is 11.2 Å². The average Bonchev–Trinajstić information content (AvgIpc) is 3.09. The first-order chi connectivity index (χ1) is 11.7. The Labute approximate surface area is 139 Å². The van der Waals surface area contributed by atoms with Gasteiger partial charge in [-0.05, 0) is 49.4 Å². The van der Waals surface area contributed by atoms with E-state index < -0.39 is 0 Å². The standard InChI is InChI=1S/C18H24N4O2/c1-3-5-21-16-14(17(23)22(6-4-2)18(21)24)19-15(20-16)12-9-7-10-11(8-9)13(10)12/h9-13H,3-8H2,1-2H3,(H,19,20). The van der Waals surface area contributed by atoms with Crippen LogP contribution in [0.4, 0.5) is 0 Å². The minimum atomic E-state index is -0.214. The number of hydrogen-bond acceptors (Lipinski definition) is 3. The van der Waals surface area contributed by atoms with Crippen LogP contribution in [0.1, 0.15) is 51.3 Å². The van der Waals surface area contributed by atoms with Crippen molar-refractivity contribution in [1.29, 1.82) is 0 Å². The SMILES string of the molecule is CCCn1c(=O)c2[nH]c(C3C4CC5C(C4)C53)nc2n(CCC)c1=O. The highest BCUT2D eigenvalue weighted by molar-refractivity contribution is 5.70. The molecular formula is C18H24N4O2. The lowest BCUT2D eigenvalue weighted by Gasteiger charge is -2.10. The summed E-state index contributed by atoms with van der Waals surface area (Å²) in [5.41, 5.74) is 0.665. The predicted molar refractivity (Wildman–Crippen MR) is 91.1 cm³/mol. The van der Waals surface area contributed by atoms with Gasteiger partial charge in [0, 0.05) is 19.0 Å². The van der Waals surface area contributed by atoms with E-state index in [0.717, 1.165) is 42.3 Å². The Balaban J connectivity index is 1.70. The molecule has 0 aliphatic heterocycles. The molecule has 2 aromatic heterocycles. The molecule has 24 heavy (non-hydrogen) atoms. The summed E-state index contributed by atoms with van der Waals surface area (Å²) in [4.78, 5) is 33.6. The number of aromatic amines is 1. The number of nitrogens with one attached hydrogen (secondary N) is 1. The average molecular weight is 328 g/mol. The molecule has 2 aromatic rings. The second kappa shape index (κ2) is 4.83. The van der Waals surface area contributed by atoms with Crippen LogP contribution in [-0.2, 0) is 13.1 Å². The van der Waals surface area contributed by atoms with E-state index in [9.17, 15) is 9.59 Å². The van der Waals surface area contributed by atoms with E-state index >= 15 is 0 Å². The zero-order valence-corrected chi connectivity index (χ0v) is 14.3. The normalized spacial score (nSPS) is 32.8. The highest BCUT2D eigenvalue weighted by Gasteiger charge is 2.69. The van der Waals surface area contributed by atoms with E-state index in [1.165, 1.54) is 17.4 Å². The van der Waals surface area contributed by atoms with Gasteiger partial charge in [0.25, 0.3) is 5.56 Å². The van der Waals surface area contributed by atoms with Gasteiger partial charge in [0.1, 0.15) is 11.3 Å². The largest absolute Gasteiger partial charge is 0.336 e.